The highest BCUT2D eigenvalue weighted by Gasteiger charge is 2.13. The number of aryl methyl sites for hydroxylation is 1. The number of hydrogen-bond acceptors (Lipinski definition) is 2. The van der Waals surface area contributed by atoms with E-state index in [1.54, 1.807) is 24.0 Å². The lowest BCUT2D eigenvalue weighted by atomic mass is 10.1. The predicted molar refractivity (Wildman–Crippen MR) is 59.7 cm³/mol. The lowest BCUT2D eigenvalue weighted by Crippen LogP contribution is -2.35. The van der Waals surface area contributed by atoms with Gasteiger partial charge in [0.15, 0.2) is 0 Å². The van der Waals surface area contributed by atoms with E-state index in [4.69, 9.17) is 0 Å². The van der Waals surface area contributed by atoms with E-state index in [0.29, 0.717) is 5.69 Å². The summed E-state index contributed by atoms with van der Waals surface area (Å²) < 4.78 is 1.59. The SMILES string of the molecule is CCCC(CC)NC(=O)c1ccnn1C. The molecule has 1 aromatic rings. The average molecular weight is 209 g/mol. The number of amides is 1. The zero-order valence-corrected chi connectivity index (χ0v) is 9.66. The first-order valence-corrected chi connectivity index (χ1v) is 5.47. The predicted octanol–water partition coefficient (Wildman–Crippen LogP) is 1.73. The van der Waals surface area contributed by atoms with Gasteiger partial charge in [0.1, 0.15) is 5.69 Å². The molecule has 0 aliphatic carbocycles. The molecule has 1 amide bonds. The summed E-state index contributed by atoms with van der Waals surface area (Å²) in [5.41, 5.74) is 0.615. The van der Waals surface area contributed by atoms with Crippen molar-refractivity contribution < 1.29 is 4.79 Å². The van der Waals surface area contributed by atoms with Crippen LogP contribution in [0.1, 0.15) is 43.6 Å². The van der Waals surface area contributed by atoms with Crippen molar-refractivity contribution in [3.05, 3.63) is 18.0 Å². The van der Waals surface area contributed by atoms with Crippen molar-refractivity contribution in [2.75, 3.05) is 0 Å². The molecule has 1 rings (SSSR count). The van der Waals surface area contributed by atoms with Crippen LogP contribution >= 0.6 is 0 Å². The van der Waals surface area contributed by atoms with E-state index in [9.17, 15) is 4.79 Å². The van der Waals surface area contributed by atoms with Crippen molar-refractivity contribution in [2.45, 2.75) is 39.2 Å². The smallest absolute Gasteiger partial charge is 0.269 e. The standard InChI is InChI=1S/C11H19N3O/c1-4-6-9(5-2)13-11(15)10-7-8-12-14(10)3/h7-9H,4-6H2,1-3H3,(H,13,15). The second-order valence-electron chi connectivity index (χ2n) is 3.71. The molecular formula is C11H19N3O. The van der Waals surface area contributed by atoms with Gasteiger partial charge in [-0.15, -0.1) is 0 Å². The molecule has 0 fully saturated rings. The minimum atomic E-state index is -0.0321. The molecule has 0 aliphatic heterocycles. The Kier molecular flexibility index (Phi) is 4.34. The van der Waals surface area contributed by atoms with Crippen molar-refractivity contribution in [3.8, 4) is 0 Å². The summed E-state index contributed by atoms with van der Waals surface area (Å²) in [7, 11) is 1.77. The number of nitrogens with one attached hydrogen (secondary N) is 1. The van der Waals surface area contributed by atoms with Gasteiger partial charge in [0.2, 0.25) is 0 Å². The molecule has 4 heteroatoms. The molecule has 1 aromatic heterocycles. The van der Waals surface area contributed by atoms with E-state index < -0.39 is 0 Å². The van der Waals surface area contributed by atoms with Crippen LogP contribution in [0.5, 0.6) is 0 Å². The van der Waals surface area contributed by atoms with Crippen molar-refractivity contribution in [2.24, 2.45) is 7.05 Å². The molecule has 15 heavy (non-hydrogen) atoms. The molecule has 1 heterocycles. The summed E-state index contributed by atoms with van der Waals surface area (Å²) in [6, 6.07) is 2.01. The molecule has 0 radical (unpaired) electrons. The Morgan fingerprint density at radius 2 is 2.33 bits per heavy atom. The van der Waals surface area contributed by atoms with Gasteiger partial charge in [-0.25, -0.2) is 0 Å². The van der Waals surface area contributed by atoms with Gasteiger partial charge in [-0.05, 0) is 18.9 Å². The van der Waals surface area contributed by atoms with Gasteiger partial charge >= 0.3 is 0 Å². The van der Waals surface area contributed by atoms with Crippen LogP contribution in [0.3, 0.4) is 0 Å². The Morgan fingerprint density at radius 3 is 2.80 bits per heavy atom. The fraction of sp³-hybridized carbons (Fsp3) is 0.636. The fourth-order valence-electron chi connectivity index (χ4n) is 1.58. The van der Waals surface area contributed by atoms with Crippen molar-refractivity contribution in [1.82, 2.24) is 15.1 Å². The van der Waals surface area contributed by atoms with Gasteiger partial charge in [0.25, 0.3) is 5.91 Å². The Morgan fingerprint density at radius 1 is 1.60 bits per heavy atom. The molecule has 0 aromatic carbocycles. The van der Waals surface area contributed by atoms with Crippen molar-refractivity contribution in [1.29, 1.82) is 0 Å². The summed E-state index contributed by atoms with van der Waals surface area (Å²) in [5.74, 6) is -0.0321. The van der Waals surface area contributed by atoms with Crippen LogP contribution in [0.25, 0.3) is 0 Å². The minimum Gasteiger partial charge on any atom is -0.348 e. The normalized spacial score (nSPS) is 12.5. The molecule has 0 bridgehead atoms. The van der Waals surface area contributed by atoms with Crippen LogP contribution in [-0.2, 0) is 7.05 Å². The summed E-state index contributed by atoms with van der Waals surface area (Å²) in [6.07, 6.45) is 4.72. The van der Waals surface area contributed by atoms with Crippen molar-refractivity contribution >= 4 is 5.91 Å². The molecule has 1 unspecified atom stereocenters. The van der Waals surface area contributed by atoms with Crippen LogP contribution in [0, 0.1) is 0 Å². The number of aromatic nitrogens is 2. The van der Waals surface area contributed by atoms with Crippen LogP contribution in [0.2, 0.25) is 0 Å². The first-order chi connectivity index (χ1) is 7.19. The highest BCUT2D eigenvalue weighted by molar-refractivity contribution is 5.92. The Bertz CT molecular complexity index is 319. The summed E-state index contributed by atoms with van der Waals surface area (Å²) in [6.45, 7) is 4.21. The highest BCUT2D eigenvalue weighted by Crippen LogP contribution is 2.03. The fourth-order valence-corrected chi connectivity index (χ4v) is 1.58. The second kappa shape index (κ2) is 5.53. The van der Waals surface area contributed by atoms with E-state index in [2.05, 4.69) is 24.3 Å². The van der Waals surface area contributed by atoms with Gasteiger partial charge in [0.05, 0.1) is 0 Å². The van der Waals surface area contributed by atoms with Gasteiger partial charge < -0.3 is 5.32 Å². The Hall–Kier alpha value is -1.32. The summed E-state index contributed by atoms with van der Waals surface area (Å²) >= 11 is 0. The van der Waals surface area contributed by atoms with Gasteiger partial charge in [-0.3, -0.25) is 9.48 Å². The first-order valence-electron chi connectivity index (χ1n) is 5.47. The molecule has 0 spiro atoms. The second-order valence-corrected chi connectivity index (χ2v) is 3.71. The van der Waals surface area contributed by atoms with Crippen LogP contribution < -0.4 is 5.32 Å². The molecule has 0 aliphatic rings. The van der Waals surface area contributed by atoms with Crippen LogP contribution in [-0.4, -0.2) is 21.7 Å². The van der Waals surface area contributed by atoms with Gasteiger partial charge in [-0.1, -0.05) is 20.3 Å². The molecule has 1 atom stereocenters. The van der Waals surface area contributed by atoms with E-state index in [1.807, 2.05) is 0 Å². The topological polar surface area (TPSA) is 46.9 Å². The first kappa shape index (κ1) is 11.8. The molecule has 84 valence electrons. The molecular weight excluding hydrogens is 190 g/mol. The van der Waals surface area contributed by atoms with Gasteiger partial charge in [0, 0.05) is 19.3 Å². The van der Waals surface area contributed by atoms with E-state index in [0.717, 1.165) is 19.3 Å². The maximum atomic E-state index is 11.8. The number of carbonyl (C=O) groups is 1. The van der Waals surface area contributed by atoms with E-state index in [1.165, 1.54) is 0 Å². The minimum absolute atomic E-state index is 0.0321. The largest absolute Gasteiger partial charge is 0.348 e. The number of rotatable bonds is 5. The summed E-state index contributed by atoms with van der Waals surface area (Å²) in [5, 5.41) is 6.98. The monoisotopic (exact) mass is 209 g/mol. The summed E-state index contributed by atoms with van der Waals surface area (Å²) in [4.78, 5) is 11.8. The quantitative estimate of drug-likeness (QED) is 0.802. The molecule has 4 nitrogen and oxygen atoms in total. The maximum Gasteiger partial charge on any atom is 0.269 e. The number of carbonyl (C=O) groups excluding carboxylic acids is 1. The average Bonchev–Trinajstić information content (AvgIpc) is 2.63. The Labute approximate surface area is 90.7 Å². The highest BCUT2D eigenvalue weighted by atomic mass is 16.2. The lowest BCUT2D eigenvalue weighted by Gasteiger charge is -2.15. The molecule has 0 saturated carbocycles. The zero-order valence-electron chi connectivity index (χ0n) is 9.66. The third-order valence-electron chi connectivity index (χ3n) is 2.52. The third-order valence-corrected chi connectivity index (χ3v) is 2.52. The van der Waals surface area contributed by atoms with E-state index in [-0.39, 0.29) is 11.9 Å². The number of nitrogens with zero attached hydrogens (tertiary/aromatic N) is 2. The van der Waals surface area contributed by atoms with Crippen molar-refractivity contribution in [3.63, 3.8) is 0 Å². The van der Waals surface area contributed by atoms with Gasteiger partial charge in [-0.2, -0.15) is 5.10 Å². The van der Waals surface area contributed by atoms with E-state index >= 15 is 0 Å². The third kappa shape index (κ3) is 3.08. The van der Waals surface area contributed by atoms with Crippen LogP contribution in [0.4, 0.5) is 0 Å². The zero-order chi connectivity index (χ0) is 11.3. The lowest BCUT2D eigenvalue weighted by molar-refractivity contribution is 0.0924. The maximum absolute atomic E-state index is 11.8. The number of hydrogen-bond donors (Lipinski definition) is 1. The Balaban J connectivity index is 2.58. The van der Waals surface area contributed by atoms with Crippen LogP contribution in [0.15, 0.2) is 12.3 Å². The molecule has 0 saturated heterocycles. The molecule has 1 N–H and O–H groups in total.